The number of rotatable bonds is 3. The van der Waals surface area contributed by atoms with Crippen molar-refractivity contribution in [1.29, 1.82) is 0 Å². The molecule has 6 heteroatoms. The quantitative estimate of drug-likeness (QED) is 0.450. The van der Waals surface area contributed by atoms with E-state index in [-0.39, 0.29) is 11.6 Å². The van der Waals surface area contributed by atoms with Gasteiger partial charge in [0, 0.05) is 35.2 Å². The van der Waals surface area contributed by atoms with Crippen molar-refractivity contribution in [3.8, 4) is 11.1 Å². The molecule has 1 aromatic carbocycles. The lowest BCUT2D eigenvalue weighted by molar-refractivity contribution is 0.589. The summed E-state index contributed by atoms with van der Waals surface area (Å²) in [6.45, 7) is 3.64. The predicted molar refractivity (Wildman–Crippen MR) is 112 cm³/mol. The standard InChI is InChI=1S/C24H20F2N4/c1-14-11-16(12-15(2)28-14)22-19(25)13-18-20(29-21-5-3-4-9-27-21)8-10-30(17-6-7-17)24(18)23(22)26/h3-5,8-13,17H,6-7H2,1-2H3/b29-20+. The van der Waals surface area contributed by atoms with Gasteiger partial charge in [-0.15, -0.1) is 0 Å². The van der Waals surface area contributed by atoms with Crippen LogP contribution >= 0.6 is 0 Å². The zero-order chi connectivity index (χ0) is 20.8. The number of hydrogen-bond donors (Lipinski definition) is 0. The first-order valence-corrected chi connectivity index (χ1v) is 9.95. The Kier molecular flexibility index (Phi) is 4.42. The van der Waals surface area contributed by atoms with E-state index in [1.54, 1.807) is 36.5 Å². The second kappa shape index (κ2) is 7.13. The average Bonchev–Trinajstić information content (AvgIpc) is 3.54. The monoisotopic (exact) mass is 402 g/mol. The molecule has 0 radical (unpaired) electrons. The van der Waals surface area contributed by atoms with Gasteiger partial charge in [-0.1, -0.05) is 6.07 Å². The largest absolute Gasteiger partial charge is 0.342 e. The molecule has 1 fully saturated rings. The molecule has 0 N–H and O–H groups in total. The summed E-state index contributed by atoms with van der Waals surface area (Å²) in [4.78, 5) is 13.1. The van der Waals surface area contributed by atoms with Crippen molar-refractivity contribution in [2.24, 2.45) is 4.99 Å². The molecule has 30 heavy (non-hydrogen) atoms. The Morgan fingerprint density at radius 1 is 1.03 bits per heavy atom. The van der Waals surface area contributed by atoms with Gasteiger partial charge in [0.1, 0.15) is 5.82 Å². The van der Waals surface area contributed by atoms with Crippen LogP contribution in [0.2, 0.25) is 0 Å². The minimum Gasteiger partial charge on any atom is -0.342 e. The van der Waals surface area contributed by atoms with Crippen LogP contribution in [0.1, 0.15) is 30.3 Å². The van der Waals surface area contributed by atoms with Crippen molar-refractivity contribution in [3.63, 3.8) is 0 Å². The number of benzene rings is 1. The van der Waals surface area contributed by atoms with E-state index in [2.05, 4.69) is 15.0 Å². The summed E-state index contributed by atoms with van der Waals surface area (Å²) < 4.78 is 33.1. The number of aromatic nitrogens is 3. The maximum absolute atomic E-state index is 15.9. The van der Waals surface area contributed by atoms with Crippen molar-refractivity contribution in [2.45, 2.75) is 32.7 Å². The fraction of sp³-hybridized carbons (Fsp3) is 0.208. The van der Waals surface area contributed by atoms with Gasteiger partial charge >= 0.3 is 0 Å². The number of hydrogen-bond acceptors (Lipinski definition) is 3. The third-order valence-corrected chi connectivity index (χ3v) is 5.31. The van der Waals surface area contributed by atoms with Gasteiger partial charge in [0.15, 0.2) is 11.6 Å². The number of fused-ring (bicyclic) bond motifs is 1. The fourth-order valence-electron chi connectivity index (χ4n) is 3.91. The van der Waals surface area contributed by atoms with Crippen molar-refractivity contribution in [3.05, 3.63) is 83.2 Å². The first-order chi connectivity index (χ1) is 14.5. The van der Waals surface area contributed by atoms with Crippen LogP contribution in [0, 0.1) is 25.5 Å². The van der Waals surface area contributed by atoms with Gasteiger partial charge < -0.3 is 4.57 Å². The summed E-state index contributed by atoms with van der Waals surface area (Å²) in [6, 6.07) is 12.2. The first kappa shape index (κ1) is 18.6. The highest BCUT2D eigenvalue weighted by Crippen LogP contribution is 2.39. The molecule has 0 unspecified atom stereocenters. The highest BCUT2D eigenvalue weighted by atomic mass is 19.1. The van der Waals surface area contributed by atoms with Crippen molar-refractivity contribution < 1.29 is 8.78 Å². The molecule has 3 heterocycles. The van der Waals surface area contributed by atoms with Crippen LogP contribution in [0.15, 0.2) is 59.9 Å². The molecular formula is C24H20F2N4. The Morgan fingerprint density at radius 3 is 2.47 bits per heavy atom. The summed E-state index contributed by atoms with van der Waals surface area (Å²) in [5.41, 5.74) is 2.28. The fourth-order valence-corrected chi connectivity index (χ4v) is 3.91. The molecule has 0 bridgehead atoms. The molecule has 1 saturated carbocycles. The molecule has 3 aromatic heterocycles. The maximum atomic E-state index is 15.9. The van der Waals surface area contributed by atoms with E-state index < -0.39 is 11.6 Å². The van der Waals surface area contributed by atoms with Gasteiger partial charge in [-0.05, 0) is 68.7 Å². The molecule has 0 saturated heterocycles. The van der Waals surface area contributed by atoms with Gasteiger partial charge in [-0.2, -0.15) is 0 Å². The number of halogens is 2. The molecule has 0 aliphatic heterocycles. The van der Waals surface area contributed by atoms with Crippen LogP contribution in [0.25, 0.3) is 22.0 Å². The summed E-state index contributed by atoms with van der Waals surface area (Å²) >= 11 is 0. The van der Waals surface area contributed by atoms with E-state index in [1.807, 2.05) is 30.7 Å². The van der Waals surface area contributed by atoms with Crippen LogP contribution in [0.5, 0.6) is 0 Å². The van der Waals surface area contributed by atoms with Crippen LogP contribution in [-0.2, 0) is 0 Å². The van der Waals surface area contributed by atoms with Crippen LogP contribution in [-0.4, -0.2) is 14.5 Å². The lowest BCUT2D eigenvalue weighted by Crippen LogP contribution is -2.12. The second-order valence-electron chi connectivity index (χ2n) is 7.72. The highest BCUT2D eigenvalue weighted by Gasteiger charge is 2.27. The topological polar surface area (TPSA) is 43.1 Å². The lowest BCUT2D eigenvalue weighted by Gasteiger charge is -2.15. The average molecular weight is 402 g/mol. The van der Waals surface area contributed by atoms with E-state index in [0.29, 0.717) is 27.6 Å². The van der Waals surface area contributed by atoms with E-state index in [4.69, 9.17) is 0 Å². The number of aryl methyl sites for hydroxylation is 2. The zero-order valence-corrected chi connectivity index (χ0v) is 16.7. The Morgan fingerprint density at radius 2 is 1.80 bits per heavy atom. The lowest BCUT2D eigenvalue weighted by atomic mass is 10.0. The van der Waals surface area contributed by atoms with Gasteiger partial charge in [0.25, 0.3) is 0 Å². The van der Waals surface area contributed by atoms with Crippen LogP contribution < -0.4 is 5.36 Å². The molecule has 0 amide bonds. The normalized spacial score (nSPS) is 14.5. The molecule has 0 spiro atoms. The minimum atomic E-state index is -0.615. The summed E-state index contributed by atoms with van der Waals surface area (Å²) in [6.07, 6.45) is 5.45. The van der Waals surface area contributed by atoms with Crippen LogP contribution in [0.3, 0.4) is 0 Å². The van der Waals surface area contributed by atoms with E-state index in [9.17, 15) is 0 Å². The second-order valence-corrected chi connectivity index (χ2v) is 7.72. The molecule has 1 aliphatic rings. The molecule has 4 aromatic rings. The smallest absolute Gasteiger partial charge is 0.158 e. The third-order valence-electron chi connectivity index (χ3n) is 5.31. The Hall–Kier alpha value is -3.41. The first-order valence-electron chi connectivity index (χ1n) is 9.95. The minimum absolute atomic E-state index is 0.0273. The van der Waals surface area contributed by atoms with E-state index in [1.165, 1.54) is 6.07 Å². The van der Waals surface area contributed by atoms with E-state index in [0.717, 1.165) is 24.2 Å². The zero-order valence-electron chi connectivity index (χ0n) is 16.7. The molecule has 4 nitrogen and oxygen atoms in total. The van der Waals surface area contributed by atoms with Crippen molar-refractivity contribution in [2.75, 3.05) is 0 Å². The predicted octanol–water partition coefficient (Wildman–Crippen LogP) is 5.56. The van der Waals surface area contributed by atoms with Gasteiger partial charge in [-0.25, -0.2) is 18.8 Å². The van der Waals surface area contributed by atoms with Crippen molar-refractivity contribution in [1.82, 2.24) is 14.5 Å². The third kappa shape index (κ3) is 3.28. The molecule has 5 rings (SSSR count). The SMILES string of the molecule is Cc1cc(-c2c(F)cc3/c(=N/c4ccccn4)ccn(C4CC4)c3c2F)cc(C)n1. The maximum Gasteiger partial charge on any atom is 0.158 e. The number of nitrogens with zero attached hydrogens (tertiary/aromatic N) is 4. The van der Waals surface area contributed by atoms with Gasteiger partial charge in [-0.3, -0.25) is 4.98 Å². The molecular weight excluding hydrogens is 382 g/mol. The van der Waals surface area contributed by atoms with Crippen LogP contribution in [0.4, 0.5) is 14.6 Å². The summed E-state index contributed by atoms with van der Waals surface area (Å²) in [5.74, 6) is -0.691. The Labute approximate surface area is 172 Å². The van der Waals surface area contributed by atoms with E-state index >= 15 is 8.78 Å². The van der Waals surface area contributed by atoms with Gasteiger partial charge in [0.05, 0.1) is 16.4 Å². The molecule has 150 valence electrons. The Bertz CT molecular complexity index is 1320. The number of pyridine rings is 3. The molecule has 0 atom stereocenters. The Balaban J connectivity index is 1.84. The summed E-state index contributed by atoms with van der Waals surface area (Å²) in [7, 11) is 0. The summed E-state index contributed by atoms with van der Waals surface area (Å²) in [5, 5.41) is 0.934. The molecule has 1 aliphatic carbocycles. The highest BCUT2D eigenvalue weighted by molar-refractivity contribution is 5.86. The van der Waals surface area contributed by atoms with Gasteiger partial charge in [0.2, 0.25) is 0 Å². The van der Waals surface area contributed by atoms with Crippen molar-refractivity contribution >= 4 is 16.7 Å².